The number of carbonyl (C=O) groups is 2. The molecule has 28 heavy (non-hydrogen) atoms. The topological polar surface area (TPSA) is 102 Å². The van der Waals surface area contributed by atoms with Gasteiger partial charge in [-0.1, -0.05) is 30.7 Å². The van der Waals surface area contributed by atoms with Crippen LogP contribution in [0.1, 0.15) is 27.6 Å². The van der Waals surface area contributed by atoms with Crippen molar-refractivity contribution < 1.29 is 22.7 Å². The summed E-state index contributed by atoms with van der Waals surface area (Å²) in [4.78, 5) is 24.6. The van der Waals surface area contributed by atoms with E-state index in [1.54, 1.807) is 12.1 Å². The van der Waals surface area contributed by atoms with Gasteiger partial charge in [-0.3, -0.25) is 9.59 Å². The lowest BCUT2D eigenvalue weighted by molar-refractivity contribution is 0.0936. The molecule has 0 aliphatic rings. The SMILES string of the molecule is CCS(=O)(=O)c1ccccc1C(=O)Nc1ccc(C(=O)NCCOC)c(Cl)c1. The zero-order valence-electron chi connectivity index (χ0n) is 15.5. The molecule has 0 atom stereocenters. The molecular formula is C19H21ClN2O5S. The fraction of sp³-hybridized carbons (Fsp3) is 0.263. The number of sulfone groups is 1. The van der Waals surface area contributed by atoms with Crippen molar-refractivity contribution in [2.45, 2.75) is 11.8 Å². The van der Waals surface area contributed by atoms with E-state index in [2.05, 4.69) is 10.6 Å². The van der Waals surface area contributed by atoms with Crippen molar-refractivity contribution in [3.05, 3.63) is 58.6 Å². The summed E-state index contributed by atoms with van der Waals surface area (Å²) in [6.07, 6.45) is 0. The van der Waals surface area contributed by atoms with E-state index in [4.69, 9.17) is 16.3 Å². The number of ether oxygens (including phenoxy) is 1. The number of halogens is 1. The summed E-state index contributed by atoms with van der Waals surface area (Å²) in [7, 11) is -2.03. The molecule has 0 heterocycles. The van der Waals surface area contributed by atoms with Gasteiger partial charge in [-0.15, -0.1) is 0 Å². The standard InChI is InChI=1S/C19H21ClN2O5S/c1-3-28(25,26)17-7-5-4-6-15(17)19(24)22-13-8-9-14(16(20)12-13)18(23)21-10-11-27-2/h4-9,12H,3,10-11H2,1-2H3,(H,21,23)(H,22,24). The smallest absolute Gasteiger partial charge is 0.256 e. The van der Waals surface area contributed by atoms with Crippen LogP contribution >= 0.6 is 11.6 Å². The van der Waals surface area contributed by atoms with Crippen LogP contribution < -0.4 is 10.6 Å². The van der Waals surface area contributed by atoms with Crippen molar-refractivity contribution >= 4 is 38.9 Å². The summed E-state index contributed by atoms with van der Waals surface area (Å²) in [5.74, 6) is -1.06. The molecule has 2 aromatic carbocycles. The molecular weight excluding hydrogens is 404 g/mol. The molecule has 9 heteroatoms. The summed E-state index contributed by atoms with van der Waals surface area (Å²) in [5.41, 5.74) is 0.638. The van der Waals surface area contributed by atoms with Crippen LogP contribution in [0, 0.1) is 0 Å². The van der Waals surface area contributed by atoms with Crippen LogP contribution in [0.25, 0.3) is 0 Å². The first-order valence-corrected chi connectivity index (χ1v) is 10.5. The van der Waals surface area contributed by atoms with Crippen molar-refractivity contribution in [1.82, 2.24) is 5.32 Å². The molecule has 0 saturated heterocycles. The maximum Gasteiger partial charge on any atom is 0.256 e. The Kier molecular flexibility index (Phi) is 7.56. The lowest BCUT2D eigenvalue weighted by Gasteiger charge is -2.11. The first-order valence-electron chi connectivity index (χ1n) is 8.50. The van der Waals surface area contributed by atoms with E-state index >= 15 is 0 Å². The second kappa shape index (κ2) is 9.68. The second-order valence-electron chi connectivity index (χ2n) is 5.80. The van der Waals surface area contributed by atoms with Crippen molar-refractivity contribution in [3.63, 3.8) is 0 Å². The van der Waals surface area contributed by atoms with Gasteiger partial charge in [0.2, 0.25) is 0 Å². The number of anilines is 1. The highest BCUT2D eigenvalue weighted by molar-refractivity contribution is 7.91. The average Bonchev–Trinajstić information content (AvgIpc) is 2.68. The first kappa shape index (κ1) is 21.9. The van der Waals surface area contributed by atoms with Crippen LogP contribution in [-0.2, 0) is 14.6 Å². The predicted molar refractivity (Wildman–Crippen MR) is 108 cm³/mol. The van der Waals surface area contributed by atoms with E-state index in [9.17, 15) is 18.0 Å². The van der Waals surface area contributed by atoms with E-state index in [-0.39, 0.29) is 32.7 Å². The lowest BCUT2D eigenvalue weighted by Crippen LogP contribution is -2.27. The third kappa shape index (κ3) is 5.31. The van der Waals surface area contributed by atoms with Crippen LogP contribution in [-0.4, -0.2) is 46.2 Å². The van der Waals surface area contributed by atoms with Crippen LogP contribution in [0.15, 0.2) is 47.4 Å². The minimum absolute atomic E-state index is 0.0322. The summed E-state index contributed by atoms with van der Waals surface area (Å²) < 4.78 is 29.3. The zero-order chi connectivity index (χ0) is 20.7. The fourth-order valence-corrected chi connectivity index (χ4v) is 3.78. The minimum atomic E-state index is -3.55. The molecule has 0 bridgehead atoms. The molecule has 2 N–H and O–H groups in total. The monoisotopic (exact) mass is 424 g/mol. The van der Waals surface area contributed by atoms with Gasteiger partial charge in [0.05, 0.1) is 33.4 Å². The molecule has 150 valence electrons. The second-order valence-corrected chi connectivity index (χ2v) is 8.45. The highest BCUT2D eigenvalue weighted by atomic mass is 35.5. The van der Waals surface area contributed by atoms with Crippen LogP contribution in [0.2, 0.25) is 5.02 Å². The Morgan fingerprint density at radius 2 is 1.79 bits per heavy atom. The molecule has 7 nitrogen and oxygen atoms in total. The van der Waals surface area contributed by atoms with Gasteiger partial charge >= 0.3 is 0 Å². The third-order valence-corrected chi connectivity index (χ3v) is 6.01. The van der Waals surface area contributed by atoms with Crippen molar-refractivity contribution in [1.29, 1.82) is 0 Å². The van der Waals surface area contributed by atoms with Crippen LogP contribution in [0.4, 0.5) is 5.69 Å². The van der Waals surface area contributed by atoms with E-state index < -0.39 is 15.7 Å². The van der Waals surface area contributed by atoms with Crippen molar-refractivity contribution in [2.75, 3.05) is 31.3 Å². The Bertz CT molecular complexity index is 976. The molecule has 2 amide bonds. The van der Waals surface area contributed by atoms with Gasteiger partial charge in [0, 0.05) is 19.3 Å². The molecule has 0 fully saturated rings. The molecule has 0 aliphatic carbocycles. The number of benzene rings is 2. The summed E-state index contributed by atoms with van der Waals surface area (Å²) in [6, 6.07) is 10.4. The van der Waals surface area contributed by atoms with Gasteiger partial charge < -0.3 is 15.4 Å². The normalized spacial score (nSPS) is 11.1. The first-order chi connectivity index (χ1) is 13.3. The van der Waals surface area contributed by atoms with E-state index in [1.807, 2.05) is 0 Å². The molecule has 2 aromatic rings. The van der Waals surface area contributed by atoms with Crippen LogP contribution in [0.5, 0.6) is 0 Å². The molecule has 0 radical (unpaired) electrons. The third-order valence-electron chi connectivity index (χ3n) is 3.91. The zero-order valence-corrected chi connectivity index (χ0v) is 17.1. The predicted octanol–water partition coefficient (Wildman–Crippen LogP) is 2.76. The number of carbonyl (C=O) groups excluding carboxylic acids is 2. The number of hydrogen-bond donors (Lipinski definition) is 2. The molecule has 0 aromatic heterocycles. The van der Waals surface area contributed by atoms with Crippen molar-refractivity contribution in [3.8, 4) is 0 Å². The minimum Gasteiger partial charge on any atom is -0.383 e. The Balaban J connectivity index is 2.20. The van der Waals surface area contributed by atoms with E-state index in [1.165, 1.54) is 44.4 Å². The lowest BCUT2D eigenvalue weighted by atomic mass is 10.1. The summed E-state index contributed by atoms with van der Waals surface area (Å²) >= 11 is 6.15. The number of methoxy groups -OCH3 is 1. The molecule has 0 saturated carbocycles. The fourth-order valence-electron chi connectivity index (χ4n) is 2.42. The Morgan fingerprint density at radius 1 is 1.07 bits per heavy atom. The Labute approximate surface area is 169 Å². The van der Waals surface area contributed by atoms with Gasteiger partial charge in [-0.05, 0) is 30.3 Å². The highest BCUT2D eigenvalue weighted by Gasteiger charge is 2.21. The maximum atomic E-state index is 12.6. The number of nitrogens with one attached hydrogen (secondary N) is 2. The van der Waals surface area contributed by atoms with Crippen molar-refractivity contribution in [2.24, 2.45) is 0 Å². The van der Waals surface area contributed by atoms with E-state index in [0.29, 0.717) is 18.8 Å². The van der Waals surface area contributed by atoms with E-state index in [0.717, 1.165) is 0 Å². The quantitative estimate of drug-likeness (QED) is 0.634. The Hall–Kier alpha value is -2.42. The number of hydrogen-bond acceptors (Lipinski definition) is 5. The van der Waals surface area contributed by atoms with Gasteiger partial charge in [0.1, 0.15) is 0 Å². The van der Waals surface area contributed by atoms with Gasteiger partial charge in [-0.2, -0.15) is 0 Å². The average molecular weight is 425 g/mol. The summed E-state index contributed by atoms with van der Waals surface area (Å²) in [5, 5.41) is 5.42. The molecule has 0 unspecified atom stereocenters. The Morgan fingerprint density at radius 3 is 2.43 bits per heavy atom. The van der Waals surface area contributed by atoms with Gasteiger partial charge in [0.25, 0.3) is 11.8 Å². The number of amides is 2. The molecule has 0 spiro atoms. The van der Waals surface area contributed by atoms with Crippen LogP contribution in [0.3, 0.4) is 0 Å². The highest BCUT2D eigenvalue weighted by Crippen LogP contribution is 2.23. The van der Waals surface area contributed by atoms with Gasteiger partial charge in [0.15, 0.2) is 9.84 Å². The molecule has 0 aliphatic heterocycles. The summed E-state index contributed by atoms with van der Waals surface area (Å²) in [6.45, 7) is 2.23. The largest absolute Gasteiger partial charge is 0.383 e. The number of rotatable bonds is 8. The molecule has 2 rings (SSSR count). The van der Waals surface area contributed by atoms with Gasteiger partial charge in [-0.25, -0.2) is 8.42 Å². The maximum absolute atomic E-state index is 12.6.